The van der Waals surface area contributed by atoms with Gasteiger partial charge in [-0.1, -0.05) is 25.6 Å². The van der Waals surface area contributed by atoms with Gasteiger partial charge in [-0.2, -0.15) is 4.99 Å². The summed E-state index contributed by atoms with van der Waals surface area (Å²) >= 11 is 1.51. The Balaban J connectivity index is 1.65. The molecule has 2 fully saturated rings. The van der Waals surface area contributed by atoms with Crippen molar-refractivity contribution >= 4 is 22.8 Å². The van der Waals surface area contributed by atoms with Gasteiger partial charge < -0.3 is 15.5 Å². The molecule has 5 nitrogen and oxygen atoms in total. The summed E-state index contributed by atoms with van der Waals surface area (Å²) in [5.74, 6) is -1.12. The molecular weight excluding hydrogens is 276 g/mol. The largest absolute Gasteiger partial charge is 0.365 e. The highest BCUT2D eigenvalue weighted by molar-refractivity contribution is 8.16. The Hall–Kier alpha value is -0.590. The van der Waals surface area contributed by atoms with E-state index in [1.807, 2.05) is 20.8 Å². The van der Waals surface area contributed by atoms with Crippen LogP contribution in [0.1, 0.15) is 40.0 Å². The quantitative estimate of drug-likeness (QED) is 0.665. The maximum absolute atomic E-state index is 12.1. The van der Waals surface area contributed by atoms with Gasteiger partial charge in [-0.15, -0.1) is 0 Å². The van der Waals surface area contributed by atoms with Gasteiger partial charge in [0.05, 0.1) is 0 Å². The topological polar surface area (TPSA) is 81.9 Å². The Kier molecular flexibility index (Phi) is 3.19. The number of amidine groups is 1. The highest BCUT2D eigenvalue weighted by Crippen LogP contribution is 2.50. The summed E-state index contributed by atoms with van der Waals surface area (Å²) in [6.45, 7) is 6.01. The number of thioether (sulfide) groups is 1. The molecule has 2 saturated carbocycles. The van der Waals surface area contributed by atoms with Crippen molar-refractivity contribution in [2.45, 2.75) is 56.6 Å². The summed E-state index contributed by atoms with van der Waals surface area (Å²) in [7, 11) is 0. The van der Waals surface area contributed by atoms with Crippen LogP contribution in [0.25, 0.3) is 0 Å². The monoisotopic (exact) mass is 298 g/mol. The van der Waals surface area contributed by atoms with Crippen LogP contribution in [-0.4, -0.2) is 37.9 Å². The van der Waals surface area contributed by atoms with E-state index in [1.165, 1.54) is 11.8 Å². The first-order chi connectivity index (χ1) is 9.22. The van der Waals surface area contributed by atoms with E-state index in [9.17, 15) is 15.0 Å². The maximum atomic E-state index is 12.1. The Bertz CT molecular complexity index is 477. The molecule has 3 rings (SSSR count). The molecule has 1 amide bonds. The average Bonchev–Trinajstić information content (AvgIpc) is 2.91. The van der Waals surface area contributed by atoms with Crippen LogP contribution in [0.3, 0.4) is 0 Å². The van der Waals surface area contributed by atoms with Crippen molar-refractivity contribution in [1.82, 2.24) is 5.32 Å². The zero-order valence-electron chi connectivity index (χ0n) is 12.1. The lowest BCUT2D eigenvalue weighted by Crippen LogP contribution is -2.45. The van der Waals surface area contributed by atoms with Crippen molar-refractivity contribution in [3.8, 4) is 0 Å². The van der Waals surface area contributed by atoms with Gasteiger partial charge in [-0.25, -0.2) is 0 Å². The molecule has 112 valence electrons. The molecule has 1 heterocycles. The summed E-state index contributed by atoms with van der Waals surface area (Å²) in [6, 6.07) is 0.209. The predicted octanol–water partition coefficient (Wildman–Crippen LogP) is 1.10. The van der Waals surface area contributed by atoms with Crippen molar-refractivity contribution in [2.75, 3.05) is 0 Å². The molecule has 6 heteroatoms. The van der Waals surface area contributed by atoms with E-state index in [-0.39, 0.29) is 29.7 Å². The summed E-state index contributed by atoms with van der Waals surface area (Å²) in [5.41, 5.74) is 0. The summed E-state index contributed by atoms with van der Waals surface area (Å²) in [5, 5.41) is 23.7. The summed E-state index contributed by atoms with van der Waals surface area (Å²) < 4.78 is -0.475. The summed E-state index contributed by atoms with van der Waals surface area (Å²) in [4.78, 5) is 16.2. The van der Waals surface area contributed by atoms with Crippen LogP contribution >= 0.6 is 11.8 Å². The van der Waals surface area contributed by atoms with Crippen LogP contribution in [0, 0.1) is 17.8 Å². The van der Waals surface area contributed by atoms with Crippen molar-refractivity contribution in [2.24, 2.45) is 22.7 Å². The minimum Gasteiger partial charge on any atom is -0.365 e. The van der Waals surface area contributed by atoms with Crippen LogP contribution in [0.15, 0.2) is 4.99 Å². The number of nitrogens with zero attached hydrogens (tertiary/aromatic N) is 1. The van der Waals surface area contributed by atoms with E-state index in [1.54, 1.807) is 0 Å². The minimum atomic E-state index is -1.49. The number of amides is 1. The average molecular weight is 298 g/mol. The lowest BCUT2D eigenvalue weighted by atomic mass is 9.90. The molecule has 4 atom stereocenters. The molecule has 0 spiro atoms. The number of fused-ring (bicyclic) bond motifs is 2. The normalized spacial score (nSPS) is 42.4. The molecule has 0 aromatic carbocycles. The Morgan fingerprint density at radius 2 is 2.10 bits per heavy atom. The van der Waals surface area contributed by atoms with E-state index in [0.29, 0.717) is 11.6 Å². The van der Waals surface area contributed by atoms with Crippen LogP contribution in [0.5, 0.6) is 0 Å². The maximum Gasteiger partial charge on any atom is 0.264 e. The van der Waals surface area contributed by atoms with Crippen LogP contribution < -0.4 is 5.32 Å². The Morgan fingerprint density at radius 3 is 2.55 bits per heavy atom. The first-order valence-electron chi connectivity index (χ1n) is 7.26. The number of hydrogen-bond acceptors (Lipinski definition) is 5. The SMILES string of the molecule is CC(C)[C@]1(C)SC(N[C@H]2C[C@H]3C[C@@H]2CC3(O)O)=NC1=O. The molecule has 2 aliphatic carbocycles. The van der Waals surface area contributed by atoms with Crippen LogP contribution in [0.4, 0.5) is 0 Å². The van der Waals surface area contributed by atoms with Crippen molar-refractivity contribution in [3.63, 3.8) is 0 Å². The molecular formula is C14H22N2O3S. The number of carbonyl (C=O) groups excluding carboxylic acids is 1. The summed E-state index contributed by atoms with van der Waals surface area (Å²) in [6.07, 6.45) is 2.00. The second-order valence-electron chi connectivity index (χ2n) is 6.85. The fraction of sp³-hybridized carbons (Fsp3) is 0.857. The number of nitrogens with one attached hydrogen (secondary N) is 1. The van der Waals surface area contributed by atoms with Gasteiger partial charge in [-0.3, -0.25) is 4.79 Å². The zero-order valence-corrected chi connectivity index (χ0v) is 12.9. The molecule has 3 aliphatic rings. The number of carbonyl (C=O) groups is 1. The van der Waals surface area contributed by atoms with E-state index in [2.05, 4.69) is 10.3 Å². The van der Waals surface area contributed by atoms with Gasteiger partial charge in [-0.05, 0) is 31.6 Å². The van der Waals surface area contributed by atoms with E-state index in [4.69, 9.17) is 0 Å². The lowest BCUT2D eigenvalue weighted by molar-refractivity contribution is -0.196. The number of rotatable bonds is 2. The molecule has 20 heavy (non-hydrogen) atoms. The third-order valence-electron chi connectivity index (χ3n) is 5.26. The minimum absolute atomic E-state index is 0.0517. The second kappa shape index (κ2) is 4.45. The fourth-order valence-electron chi connectivity index (χ4n) is 3.51. The predicted molar refractivity (Wildman–Crippen MR) is 78.2 cm³/mol. The molecule has 0 aromatic heterocycles. The third kappa shape index (κ3) is 2.09. The number of hydrogen-bond donors (Lipinski definition) is 3. The van der Waals surface area contributed by atoms with E-state index < -0.39 is 10.5 Å². The number of aliphatic hydroxyl groups is 2. The molecule has 0 unspecified atom stereocenters. The van der Waals surface area contributed by atoms with Crippen LogP contribution in [0.2, 0.25) is 0 Å². The standard InChI is InChI=1S/C14H22N2O3S/c1-7(2)13(3)11(17)16-12(20-13)15-10-5-9-4-8(10)6-14(9,18)19/h7-10,18-19H,4-6H2,1-3H3,(H,15,16,17)/t8-,9-,10+,13+/m1/s1. The highest BCUT2D eigenvalue weighted by atomic mass is 32.2. The van der Waals surface area contributed by atoms with Crippen molar-refractivity contribution in [1.29, 1.82) is 0 Å². The molecule has 0 radical (unpaired) electrons. The smallest absolute Gasteiger partial charge is 0.264 e. The Labute approximate surface area is 123 Å². The zero-order chi connectivity index (χ0) is 14.7. The second-order valence-corrected chi connectivity index (χ2v) is 8.29. The van der Waals surface area contributed by atoms with Gasteiger partial charge in [0, 0.05) is 18.4 Å². The van der Waals surface area contributed by atoms with Gasteiger partial charge >= 0.3 is 0 Å². The van der Waals surface area contributed by atoms with Crippen molar-refractivity contribution in [3.05, 3.63) is 0 Å². The van der Waals surface area contributed by atoms with Gasteiger partial charge in [0.15, 0.2) is 11.0 Å². The first-order valence-corrected chi connectivity index (χ1v) is 8.07. The van der Waals surface area contributed by atoms with E-state index >= 15 is 0 Å². The highest BCUT2D eigenvalue weighted by Gasteiger charge is 2.54. The van der Waals surface area contributed by atoms with E-state index in [0.717, 1.165) is 12.8 Å². The van der Waals surface area contributed by atoms with Crippen LogP contribution in [-0.2, 0) is 4.79 Å². The van der Waals surface area contributed by atoms with Gasteiger partial charge in [0.25, 0.3) is 5.91 Å². The molecule has 2 bridgehead atoms. The molecule has 0 saturated heterocycles. The van der Waals surface area contributed by atoms with Gasteiger partial charge in [0.1, 0.15) is 4.75 Å². The molecule has 3 N–H and O–H groups in total. The number of aliphatic imine (C=N–C) groups is 1. The fourth-order valence-corrected chi connectivity index (χ4v) is 4.62. The first kappa shape index (κ1) is 14.4. The molecule has 0 aromatic rings. The van der Waals surface area contributed by atoms with Crippen molar-refractivity contribution < 1.29 is 15.0 Å². The van der Waals surface area contributed by atoms with Gasteiger partial charge in [0.2, 0.25) is 0 Å². The Morgan fingerprint density at radius 1 is 1.40 bits per heavy atom. The lowest BCUT2D eigenvalue weighted by Gasteiger charge is -2.32. The third-order valence-corrected chi connectivity index (χ3v) is 6.73. The molecule has 1 aliphatic heterocycles.